The van der Waals surface area contributed by atoms with E-state index in [0.29, 0.717) is 10.6 Å². The van der Waals surface area contributed by atoms with Crippen LogP contribution < -0.4 is 4.74 Å². The third-order valence-electron chi connectivity index (χ3n) is 3.18. The molecule has 0 heterocycles. The number of hydrogen-bond donors (Lipinski definition) is 0. The third-order valence-corrected chi connectivity index (χ3v) is 4.82. The van der Waals surface area contributed by atoms with E-state index in [0.717, 1.165) is 12.5 Å². The summed E-state index contributed by atoms with van der Waals surface area (Å²) in [5.74, 6) is -0.636. The fourth-order valence-electron chi connectivity index (χ4n) is 2.06. The summed E-state index contributed by atoms with van der Waals surface area (Å²) in [7, 11) is -0.877. The summed E-state index contributed by atoms with van der Waals surface area (Å²) in [5.41, 5.74) is 0.498. The molecule has 9 heteroatoms. The van der Waals surface area contributed by atoms with Crippen LogP contribution in [0.3, 0.4) is 0 Å². The van der Waals surface area contributed by atoms with Gasteiger partial charge in [0.15, 0.2) is 0 Å². The Morgan fingerprint density at radius 2 is 1.96 bits per heavy atom. The van der Waals surface area contributed by atoms with Gasteiger partial charge in [0.2, 0.25) is 15.8 Å². The summed E-state index contributed by atoms with van der Waals surface area (Å²) in [6.45, 7) is 3.56. The van der Waals surface area contributed by atoms with Gasteiger partial charge in [0.1, 0.15) is 12.0 Å². The van der Waals surface area contributed by atoms with E-state index in [4.69, 9.17) is 21.1 Å². The second kappa shape index (κ2) is 9.07. The lowest BCUT2D eigenvalue weighted by Gasteiger charge is -2.25. The van der Waals surface area contributed by atoms with Crippen molar-refractivity contribution in [2.24, 2.45) is 0 Å². The number of benzene rings is 1. The number of carbonyl (C=O) groups is 1. The van der Waals surface area contributed by atoms with Crippen LogP contribution >= 0.6 is 11.6 Å². The van der Waals surface area contributed by atoms with Gasteiger partial charge in [-0.05, 0) is 32.0 Å². The molecule has 0 aliphatic carbocycles. The first kappa shape index (κ1) is 21.3. The van der Waals surface area contributed by atoms with E-state index < -0.39 is 16.0 Å². The Labute approximate surface area is 153 Å². The van der Waals surface area contributed by atoms with Gasteiger partial charge in [0.05, 0.1) is 20.5 Å². The molecule has 1 aromatic carbocycles. The maximum Gasteiger partial charge on any atom is 0.377 e. The van der Waals surface area contributed by atoms with Gasteiger partial charge in [-0.15, -0.1) is 0 Å². The van der Waals surface area contributed by atoms with Gasteiger partial charge < -0.3 is 14.2 Å². The molecule has 0 amide bonds. The molecule has 0 aromatic heterocycles. The molecule has 140 valence electrons. The number of hydrogen-bond acceptors (Lipinski definition) is 6. The van der Waals surface area contributed by atoms with Gasteiger partial charge in [-0.1, -0.05) is 11.6 Å². The van der Waals surface area contributed by atoms with Crippen LogP contribution in [-0.4, -0.2) is 45.2 Å². The molecule has 0 radical (unpaired) electrons. The van der Waals surface area contributed by atoms with Crippen molar-refractivity contribution in [3.63, 3.8) is 0 Å². The van der Waals surface area contributed by atoms with Crippen molar-refractivity contribution in [2.75, 3.05) is 20.5 Å². The molecule has 0 aliphatic rings. The molecular formula is C16H22ClNO6S. The van der Waals surface area contributed by atoms with Gasteiger partial charge in [-0.2, -0.15) is 4.31 Å². The van der Waals surface area contributed by atoms with Crippen LogP contribution in [0.5, 0.6) is 5.75 Å². The van der Waals surface area contributed by atoms with E-state index in [1.54, 1.807) is 32.0 Å². The molecular weight excluding hydrogens is 370 g/mol. The van der Waals surface area contributed by atoms with Crippen molar-refractivity contribution < 1.29 is 27.4 Å². The number of esters is 1. The highest BCUT2D eigenvalue weighted by atomic mass is 35.5. The first-order valence-corrected chi connectivity index (χ1v) is 9.57. The lowest BCUT2D eigenvalue weighted by atomic mass is 10.2. The zero-order valence-electron chi connectivity index (χ0n) is 14.8. The van der Waals surface area contributed by atoms with Crippen molar-refractivity contribution in [3.8, 4) is 5.75 Å². The van der Waals surface area contributed by atoms with Crippen molar-refractivity contribution >= 4 is 27.6 Å². The first-order valence-electron chi connectivity index (χ1n) is 7.34. The fraction of sp³-hybridized carbons (Fsp3) is 0.438. The second-order valence-electron chi connectivity index (χ2n) is 5.47. The van der Waals surface area contributed by atoms with Crippen LogP contribution in [0.4, 0.5) is 0 Å². The SMILES string of the molecule is COC=C(Oc1ccc(Cl)cc1CN(C(C)C)S(C)(=O)=O)C(=O)OC. The van der Waals surface area contributed by atoms with Crippen molar-refractivity contribution in [1.82, 2.24) is 4.31 Å². The highest BCUT2D eigenvalue weighted by Gasteiger charge is 2.23. The van der Waals surface area contributed by atoms with Gasteiger partial charge >= 0.3 is 5.97 Å². The zero-order chi connectivity index (χ0) is 19.2. The van der Waals surface area contributed by atoms with E-state index in [1.165, 1.54) is 18.5 Å². The molecule has 0 atom stereocenters. The zero-order valence-corrected chi connectivity index (χ0v) is 16.3. The van der Waals surface area contributed by atoms with E-state index >= 15 is 0 Å². The maximum absolute atomic E-state index is 12.0. The normalized spacial score (nSPS) is 12.4. The predicted molar refractivity (Wildman–Crippen MR) is 94.7 cm³/mol. The predicted octanol–water partition coefficient (Wildman–Crippen LogP) is 2.55. The highest BCUT2D eigenvalue weighted by molar-refractivity contribution is 7.88. The molecule has 25 heavy (non-hydrogen) atoms. The molecule has 0 aliphatic heterocycles. The van der Waals surface area contributed by atoms with Crippen molar-refractivity contribution in [1.29, 1.82) is 0 Å². The monoisotopic (exact) mass is 391 g/mol. The minimum absolute atomic E-state index is 0.0355. The third kappa shape index (κ3) is 6.22. The lowest BCUT2D eigenvalue weighted by molar-refractivity contribution is -0.138. The fourth-order valence-corrected chi connectivity index (χ4v) is 3.40. The number of halogens is 1. The van der Waals surface area contributed by atoms with Crippen molar-refractivity contribution in [2.45, 2.75) is 26.4 Å². The van der Waals surface area contributed by atoms with Gasteiger partial charge in [0, 0.05) is 23.2 Å². The summed E-state index contributed by atoms with van der Waals surface area (Å²) in [4.78, 5) is 11.7. The number of sulfonamides is 1. The van der Waals surface area contributed by atoms with Crippen LogP contribution in [0.2, 0.25) is 5.02 Å². The minimum Gasteiger partial charge on any atom is -0.500 e. The lowest BCUT2D eigenvalue weighted by Crippen LogP contribution is -2.35. The van der Waals surface area contributed by atoms with E-state index in [-0.39, 0.29) is 24.1 Å². The van der Waals surface area contributed by atoms with Crippen LogP contribution in [-0.2, 0) is 30.8 Å². The molecule has 0 spiro atoms. The van der Waals surface area contributed by atoms with Gasteiger partial charge in [0.25, 0.3) is 0 Å². The van der Waals surface area contributed by atoms with Crippen LogP contribution in [0.25, 0.3) is 0 Å². The van der Waals surface area contributed by atoms with Crippen molar-refractivity contribution in [3.05, 3.63) is 40.8 Å². The summed E-state index contributed by atoms with van der Waals surface area (Å²) in [6.07, 6.45) is 2.23. The highest BCUT2D eigenvalue weighted by Crippen LogP contribution is 2.27. The summed E-state index contributed by atoms with van der Waals surface area (Å²) < 4.78 is 40.3. The molecule has 0 N–H and O–H groups in total. The standard InChI is InChI=1S/C16H22ClNO6S/c1-11(2)18(25(5,20)21)9-12-8-13(17)6-7-14(12)24-15(10-22-3)16(19)23-4/h6-8,10-11H,9H2,1-5H3. The average Bonchev–Trinajstić information content (AvgIpc) is 2.51. The topological polar surface area (TPSA) is 82.1 Å². The van der Waals surface area contributed by atoms with Crippen LogP contribution in [0, 0.1) is 0 Å². The van der Waals surface area contributed by atoms with Gasteiger partial charge in [-0.25, -0.2) is 13.2 Å². The number of methoxy groups -OCH3 is 2. The van der Waals surface area contributed by atoms with E-state index in [2.05, 4.69) is 4.74 Å². The molecule has 0 fully saturated rings. The summed E-state index contributed by atoms with van der Waals surface area (Å²) in [5, 5.41) is 0.412. The van der Waals surface area contributed by atoms with Crippen LogP contribution in [0.1, 0.15) is 19.4 Å². The largest absolute Gasteiger partial charge is 0.500 e. The Kier molecular flexibility index (Phi) is 7.72. The summed E-state index contributed by atoms with van der Waals surface area (Å²) >= 11 is 6.03. The Hall–Kier alpha value is -1.77. The number of nitrogens with zero attached hydrogens (tertiary/aromatic N) is 1. The minimum atomic E-state index is -3.45. The molecule has 7 nitrogen and oxygen atoms in total. The molecule has 0 saturated heterocycles. The molecule has 0 bridgehead atoms. The smallest absolute Gasteiger partial charge is 0.377 e. The Balaban J connectivity index is 3.27. The number of carbonyl (C=O) groups excluding carboxylic acids is 1. The average molecular weight is 392 g/mol. The number of ether oxygens (including phenoxy) is 3. The molecule has 1 rings (SSSR count). The van der Waals surface area contributed by atoms with E-state index in [9.17, 15) is 13.2 Å². The quantitative estimate of drug-likeness (QED) is 0.385. The first-order chi connectivity index (χ1) is 11.6. The molecule has 1 aromatic rings. The number of rotatable bonds is 8. The Bertz CT molecular complexity index is 745. The van der Waals surface area contributed by atoms with E-state index in [1.807, 2.05) is 0 Å². The van der Waals surface area contributed by atoms with Crippen LogP contribution in [0.15, 0.2) is 30.2 Å². The Morgan fingerprint density at radius 1 is 1.32 bits per heavy atom. The second-order valence-corrected chi connectivity index (χ2v) is 7.84. The van der Waals surface area contributed by atoms with Gasteiger partial charge in [-0.3, -0.25) is 0 Å². The Morgan fingerprint density at radius 3 is 2.44 bits per heavy atom. The maximum atomic E-state index is 12.0. The molecule has 0 unspecified atom stereocenters. The summed E-state index contributed by atoms with van der Waals surface area (Å²) in [6, 6.07) is 4.43. The molecule has 0 saturated carbocycles.